The highest BCUT2D eigenvalue weighted by Gasteiger charge is 2.13. The predicted molar refractivity (Wildman–Crippen MR) is 66.2 cm³/mol. The number of hydrogen-bond acceptors (Lipinski definition) is 3. The fraction of sp³-hybridized carbons (Fsp3) is 0.667. The molecule has 1 heterocycles. The van der Waals surface area contributed by atoms with E-state index < -0.39 is 0 Å². The number of nitrogens with zero attached hydrogens (tertiary/aromatic N) is 2. The van der Waals surface area contributed by atoms with E-state index in [9.17, 15) is 0 Å². The lowest BCUT2D eigenvalue weighted by atomic mass is 10.1. The molecule has 1 aromatic rings. The number of nitrogens with one attached hydrogen (secondary N) is 2. The highest BCUT2D eigenvalue weighted by molar-refractivity contribution is 4.95. The standard InChI is InChI=1S/C12H22N4/c1-5-7-8-9(3)13-10(4)12-14-11(6-2)15-16-12/h5,9-10,13H,1,6-8H2,2-4H3,(H,14,15,16). The zero-order chi connectivity index (χ0) is 12.0. The smallest absolute Gasteiger partial charge is 0.167 e. The summed E-state index contributed by atoms with van der Waals surface area (Å²) in [5.74, 6) is 1.80. The maximum Gasteiger partial charge on any atom is 0.167 e. The van der Waals surface area contributed by atoms with Crippen LogP contribution in [0, 0.1) is 0 Å². The maximum absolute atomic E-state index is 4.41. The van der Waals surface area contributed by atoms with Gasteiger partial charge in [0.15, 0.2) is 5.82 Å². The van der Waals surface area contributed by atoms with Gasteiger partial charge >= 0.3 is 0 Å². The SMILES string of the molecule is C=CCCC(C)NC(C)c1n[nH]c(CC)n1. The number of allylic oxidation sites excluding steroid dienone is 1. The molecule has 1 aromatic heterocycles. The van der Waals surface area contributed by atoms with Crippen LogP contribution in [-0.4, -0.2) is 21.2 Å². The molecule has 0 bridgehead atoms. The highest BCUT2D eigenvalue weighted by Crippen LogP contribution is 2.09. The van der Waals surface area contributed by atoms with Gasteiger partial charge in [-0.15, -0.1) is 6.58 Å². The lowest BCUT2D eigenvalue weighted by molar-refractivity contribution is 0.446. The maximum atomic E-state index is 4.41. The van der Waals surface area contributed by atoms with Crippen molar-refractivity contribution < 1.29 is 0 Å². The van der Waals surface area contributed by atoms with Gasteiger partial charge in [-0.2, -0.15) is 5.10 Å². The van der Waals surface area contributed by atoms with Crippen LogP contribution in [0.2, 0.25) is 0 Å². The van der Waals surface area contributed by atoms with Crippen LogP contribution in [0.5, 0.6) is 0 Å². The number of H-pyrrole nitrogens is 1. The number of hydrogen-bond donors (Lipinski definition) is 2. The molecule has 0 spiro atoms. The summed E-state index contributed by atoms with van der Waals surface area (Å²) in [6, 6.07) is 0.646. The van der Waals surface area contributed by atoms with Crippen molar-refractivity contribution in [3.8, 4) is 0 Å². The molecular weight excluding hydrogens is 200 g/mol. The van der Waals surface area contributed by atoms with Crippen molar-refractivity contribution in [2.75, 3.05) is 0 Å². The van der Waals surface area contributed by atoms with Crippen LogP contribution in [0.3, 0.4) is 0 Å². The van der Waals surface area contributed by atoms with Crippen LogP contribution >= 0.6 is 0 Å². The number of rotatable bonds is 7. The fourth-order valence-corrected chi connectivity index (χ4v) is 1.61. The normalized spacial score (nSPS) is 14.7. The van der Waals surface area contributed by atoms with Crippen molar-refractivity contribution in [3.63, 3.8) is 0 Å². The van der Waals surface area contributed by atoms with Gasteiger partial charge in [0.2, 0.25) is 0 Å². The molecule has 4 heteroatoms. The second-order valence-electron chi connectivity index (χ2n) is 4.15. The average Bonchev–Trinajstić information content (AvgIpc) is 2.74. The molecule has 0 saturated carbocycles. The lowest BCUT2D eigenvalue weighted by Crippen LogP contribution is -2.29. The Kier molecular flexibility index (Phi) is 5.19. The van der Waals surface area contributed by atoms with E-state index in [1.807, 2.05) is 6.08 Å². The topological polar surface area (TPSA) is 53.6 Å². The molecule has 0 fully saturated rings. The highest BCUT2D eigenvalue weighted by atomic mass is 15.2. The van der Waals surface area contributed by atoms with E-state index in [0.29, 0.717) is 6.04 Å². The first kappa shape index (κ1) is 12.9. The monoisotopic (exact) mass is 222 g/mol. The molecule has 1 rings (SSSR count). The molecule has 4 nitrogen and oxygen atoms in total. The summed E-state index contributed by atoms with van der Waals surface area (Å²) in [6.07, 6.45) is 4.98. The molecule has 2 N–H and O–H groups in total. The van der Waals surface area contributed by atoms with E-state index in [2.05, 4.69) is 47.8 Å². The number of aromatic nitrogens is 3. The minimum absolute atomic E-state index is 0.191. The van der Waals surface area contributed by atoms with Crippen molar-refractivity contribution in [3.05, 3.63) is 24.3 Å². The first-order chi connectivity index (χ1) is 7.67. The molecule has 90 valence electrons. The molecular formula is C12H22N4. The van der Waals surface area contributed by atoms with Crippen LogP contribution in [0.1, 0.15) is 51.3 Å². The number of aryl methyl sites for hydroxylation is 1. The van der Waals surface area contributed by atoms with E-state index >= 15 is 0 Å². The number of aromatic amines is 1. The molecule has 0 aliphatic heterocycles. The molecule has 16 heavy (non-hydrogen) atoms. The first-order valence-electron chi connectivity index (χ1n) is 5.95. The Balaban J connectivity index is 2.44. The van der Waals surface area contributed by atoms with Gasteiger partial charge in [-0.05, 0) is 26.7 Å². The lowest BCUT2D eigenvalue weighted by Gasteiger charge is -2.16. The van der Waals surface area contributed by atoms with Gasteiger partial charge in [-0.3, -0.25) is 5.10 Å². The summed E-state index contributed by atoms with van der Waals surface area (Å²) >= 11 is 0. The minimum atomic E-state index is 0.191. The zero-order valence-corrected chi connectivity index (χ0v) is 10.5. The van der Waals surface area contributed by atoms with E-state index in [0.717, 1.165) is 30.9 Å². The van der Waals surface area contributed by atoms with Crippen molar-refractivity contribution in [2.45, 2.75) is 52.1 Å². The van der Waals surface area contributed by atoms with E-state index in [4.69, 9.17) is 0 Å². The van der Waals surface area contributed by atoms with Crippen molar-refractivity contribution in [1.29, 1.82) is 0 Å². The van der Waals surface area contributed by atoms with Crippen molar-refractivity contribution in [2.24, 2.45) is 0 Å². The summed E-state index contributed by atoms with van der Waals surface area (Å²) in [7, 11) is 0. The zero-order valence-electron chi connectivity index (χ0n) is 10.5. The van der Waals surface area contributed by atoms with E-state index in [1.165, 1.54) is 0 Å². The van der Waals surface area contributed by atoms with Gasteiger partial charge < -0.3 is 5.32 Å². The van der Waals surface area contributed by atoms with Gasteiger partial charge in [0.05, 0.1) is 6.04 Å². The molecule has 0 aliphatic rings. The summed E-state index contributed by atoms with van der Waals surface area (Å²) < 4.78 is 0. The van der Waals surface area contributed by atoms with Crippen LogP contribution in [0.4, 0.5) is 0 Å². The Morgan fingerprint density at radius 2 is 2.25 bits per heavy atom. The van der Waals surface area contributed by atoms with Crippen molar-refractivity contribution in [1.82, 2.24) is 20.5 Å². The van der Waals surface area contributed by atoms with Gasteiger partial charge in [-0.1, -0.05) is 13.0 Å². The van der Waals surface area contributed by atoms with Gasteiger partial charge in [0.25, 0.3) is 0 Å². The molecule has 0 radical (unpaired) electrons. The Morgan fingerprint density at radius 1 is 1.50 bits per heavy atom. The average molecular weight is 222 g/mol. The van der Waals surface area contributed by atoms with Crippen LogP contribution < -0.4 is 5.32 Å². The molecule has 2 unspecified atom stereocenters. The predicted octanol–water partition coefficient (Wildman–Crippen LogP) is 2.37. The molecule has 0 saturated heterocycles. The van der Waals surface area contributed by atoms with E-state index in [1.54, 1.807) is 0 Å². The Morgan fingerprint density at radius 3 is 2.81 bits per heavy atom. The third-order valence-corrected chi connectivity index (χ3v) is 2.61. The second-order valence-corrected chi connectivity index (χ2v) is 4.15. The molecule has 0 amide bonds. The van der Waals surface area contributed by atoms with Crippen LogP contribution in [0.15, 0.2) is 12.7 Å². The van der Waals surface area contributed by atoms with Gasteiger partial charge in [0.1, 0.15) is 5.82 Å². The Labute approximate surface area is 97.6 Å². The third kappa shape index (κ3) is 3.77. The largest absolute Gasteiger partial charge is 0.305 e. The minimum Gasteiger partial charge on any atom is -0.305 e. The van der Waals surface area contributed by atoms with Crippen LogP contribution in [0.25, 0.3) is 0 Å². The Hall–Kier alpha value is -1.16. The fourth-order valence-electron chi connectivity index (χ4n) is 1.61. The first-order valence-corrected chi connectivity index (χ1v) is 5.95. The van der Waals surface area contributed by atoms with Crippen molar-refractivity contribution >= 4 is 0 Å². The second kappa shape index (κ2) is 6.43. The summed E-state index contributed by atoms with van der Waals surface area (Å²) in [5, 5.41) is 10.6. The molecule has 0 aliphatic carbocycles. The van der Waals surface area contributed by atoms with Gasteiger partial charge in [0, 0.05) is 12.5 Å². The van der Waals surface area contributed by atoms with Crippen LogP contribution in [-0.2, 0) is 6.42 Å². The summed E-state index contributed by atoms with van der Waals surface area (Å²) in [5.41, 5.74) is 0. The van der Waals surface area contributed by atoms with E-state index in [-0.39, 0.29) is 6.04 Å². The third-order valence-electron chi connectivity index (χ3n) is 2.61. The quantitative estimate of drug-likeness (QED) is 0.696. The Bertz CT molecular complexity index is 319. The molecule has 2 atom stereocenters. The van der Waals surface area contributed by atoms with Gasteiger partial charge in [-0.25, -0.2) is 4.98 Å². The summed E-state index contributed by atoms with van der Waals surface area (Å²) in [6.45, 7) is 10.1. The molecule has 0 aromatic carbocycles. The summed E-state index contributed by atoms with van der Waals surface area (Å²) in [4.78, 5) is 4.41.